The van der Waals surface area contributed by atoms with Crippen LogP contribution >= 0.6 is 0 Å². The molecule has 0 spiro atoms. The van der Waals surface area contributed by atoms with Gasteiger partial charge in [-0.25, -0.2) is 4.79 Å². The highest BCUT2D eigenvalue weighted by Crippen LogP contribution is 2.09. The van der Waals surface area contributed by atoms with Gasteiger partial charge in [0.2, 0.25) is 0 Å². The molecule has 0 bridgehead atoms. The third-order valence-electron chi connectivity index (χ3n) is 2.02. The van der Waals surface area contributed by atoms with E-state index >= 15 is 0 Å². The summed E-state index contributed by atoms with van der Waals surface area (Å²) < 4.78 is 5.02. The van der Waals surface area contributed by atoms with Crippen LogP contribution < -0.4 is 0 Å². The average molecular weight is 242 g/mol. The molecular formula is C12H18O5. The quantitative estimate of drug-likeness (QED) is 0.417. The van der Waals surface area contributed by atoms with Crippen LogP contribution in [-0.4, -0.2) is 28.9 Å². The van der Waals surface area contributed by atoms with Crippen molar-refractivity contribution in [2.75, 3.05) is 0 Å². The number of esters is 1. The topological polar surface area (TPSA) is 80.7 Å². The summed E-state index contributed by atoms with van der Waals surface area (Å²) in [4.78, 5) is 32.6. The molecule has 17 heavy (non-hydrogen) atoms. The molecule has 0 aliphatic rings. The molecular weight excluding hydrogens is 224 g/mol. The summed E-state index contributed by atoms with van der Waals surface area (Å²) in [6.45, 7) is 4.63. The molecule has 0 aromatic rings. The van der Waals surface area contributed by atoms with E-state index in [1.54, 1.807) is 0 Å². The van der Waals surface area contributed by atoms with Crippen molar-refractivity contribution >= 4 is 17.7 Å². The van der Waals surface area contributed by atoms with Gasteiger partial charge >= 0.3 is 11.9 Å². The molecule has 0 radical (unpaired) electrons. The molecule has 0 fully saturated rings. The van der Waals surface area contributed by atoms with E-state index in [9.17, 15) is 14.4 Å². The number of rotatable bonds is 7. The highest BCUT2D eigenvalue weighted by Gasteiger charge is 2.14. The predicted octanol–water partition coefficient (Wildman–Crippen LogP) is 1.71. The van der Waals surface area contributed by atoms with E-state index in [0.29, 0.717) is 6.42 Å². The second kappa shape index (κ2) is 7.60. The minimum atomic E-state index is -1.05. The summed E-state index contributed by atoms with van der Waals surface area (Å²) in [7, 11) is 0. The number of carboxylic acid groups (broad SMARTS) is 1. The van der Waals surface area contributed by atoms with Crippen molar-refractivity contribution in [1.82, 2.24) is 0 Å². The Morgan fingerprint density at radius 2 is 1.88 bits per heavy atom. The van der Waals surface area contributed by atoms with Gasteiger partial charge in [0.25, 0.3) is 0 Å². The molecule has 1 atom stereocenters. The Morgan fingerprint density at radius 1 is 1.29 bits per heavy atom. The first-order valence-corrected chi connectivity index (χ1v) is 5.47. The van der Waals surface area contributed by atoms with Gasteiger partial charge in [-0.15, -0.1) is 0 Å². The van der Waals surface area contributed by atoms with Gasteiger partial charge in [-0.2, -0.15) is 0 Å². The van der Waals surface area contributed by atoms with E-state index in [0.717, 1.165) is 6.42 Å². The number of carbonyl (C=O) groups excluding carboxylic acids is 2. The van der Waals surface area contributed by atoms with Crippen LogP contribution in [0.1, 0.15) is 40.0 Å². The van der Waals surface area contributed by atoms with Gasteiger partial charge in [-0.05, 0) is 26.3 Å². The summed E-state index contributed by atoms with van der Waals surface area (Å²) in [6, 6.07) is 0. The molecule has 0 saturated heterocycles. The van der Waals surface area contributed by atoms with Gasteiger partial charge in [-0.3, -0.25) is 9.59 Å². The van der Waals surface area contributed by atoms with Crippen molar-refractivity contribution in [2.24, 2.45) is 0 Å². The molecule has 96 valence electrons. The van der Waals surface area contributed by atoms with Crippen LogP contribution in [0.4, 0.5) is 0 Å². The maximum absolute atomic E-state index is 11.3. The first-order chi connectivity index (χ1) is 7.86. The number of carbonyl (C=O) groups is 3. The van der Waals surface area contributed by atoms with Crippen LogP contribution in [-0.2, 0) is 19.1 Å². The summed E-state index contributed by atoms with van der Waals surface area (Å²) in [6.07, 6.45) is 1.82. The number of aliphatic carboxylic acids is 1. The fraction of sp³-hybridized carbons (Fsp3) is 0.583. The summed E-state index contributed by atoms with van der Waals surface area (Å²) in [5, 5.41) is 8.72. The Kier molecular flexibility index (Phi) is 6.86. The number of ketones is 1. The molecule has 1 N–H and O–H groups in total. The molecule has 0 amide bonds. The van der Waals surface area contributed by atoms with Crippen LogP contribution in [0, 0.1) is 0 Å². The first kappa shape index (κ1) is 15.3. The smallest absolute Gasteiger partial charge is 0.331 e. The Balaban J connectivity index is 4.53. The van der Waals surface area contributed by atoms with Crippen LogP contribution in [0.5, 0.6) is 0 Å². The lowest BCUT2D eigenvalue weighted by Crippen LogP contribution is -2.19. The molecule has 0 rings (SSSR count). The van der Waals surface area contributed by atoms with Gasteiger partial charge in [0, 0.05) is 5.57 Å². The fourth-order valence-corrected chi connectivity index (χ4v) is 1.22. The highest BCUT2D eigenvalue weighted by molar-refractivity contribution is 5.94. The van der Waals surface area contributed by atoms with E-state index in [-0.39, 0.29) is 17.8 Å². The maximum atomic E-state index is 11.3. The number of hydrogen-bond acceptors (Lipinski definition) is 4. The van der Waals surface area contributed by atoms with Gasteiger partial charge in [0.1, 0.15) is 18.3 Å². The minimum absolute atomic E-state index is 0.124. The van der Waals surface area contributed by atoms with Gasteiger partial charge in [0.05, 0.1) is 0 Å². The average Bonchev–Trinajstić information content (AvgIpc) is 2.15. The van der Waals surface area contributed by atoms with Crippen molar-refractivity contribution in [2.45, 2.75) is 46.1 Å². The van der Waals surface area contributed by atoms with Gasteiger partial charge in [0.15, 0.2) is 0 Å². The van der Waals surface area contributed by atoms with Crippen LogP contribution in [0.3, 0.4) is 0 Å². The second-order valence-electron chi connectivity index (χ2n) is 3.85. The fourth-order valence-electron chi connectivity index (χ4n) is 1.22. The Labute approximate surface area is 100 Å². The standard InChI is InChI=1S/C12H18O5/c1-4-5-10(6-8(2)12(15)16)17-11(14)7-9(3)13/h6,10H,4-5,7H2,1-3H3,(H,15,16). The molecule has 0 aromatic heterocycles. The zero-order valence-electron chi connectivity index (χ0n) is 10.4. The SMILES string of the molecule is CCCC(C=C(C)C(=O)O)OC(=O)CC(C)=O. The molecule has 5 heteroatoms. The van der Waals surface area contributed by atoms with Crippen molar-refractivity contribution in [3.8, 4) is 0 Å². The van der Waals surface area contributed by atoms with Crippen LogP contribution in [0.15, 0.2) is 11.6 Å². The van der Waals surface area contributed by atoms with Crippen molar-refractivity contribution in [1.29, 1.82) is 0 Å². The molecule has 0 heterocycles. The molecule has 0 aromatic carbocycles. The maximum Gasteiger partial charge on any atom is 0.331 e. The Hall–Kier alpha value is -1.65. The lowest BCUT2D eigenvalue weighted by Gasteiger charge is -2.13. The van der Waals surface area contributed by atoms with Gasteiger partial charge in [-0.1, -0.05) is 13.3 Å². The Morgan fingerprint density at radius 3 is 2.29 bits per heavy atom. The van der Waals surface area contributed by atoms with Gasteiger partial charge < -0.3 is 9.84 Å². The number of carboxylic acids is 1. The first-order valence-electron chi connectivity index (χ1n) is 5.47. The van der Waals surface area contributed by atoms with E-state index in [4.69, 9.17) is 9.84 Å². The van der Waals surface area contributed by atoms with E-state index in [2.05, 4.69) is 0 Å². The van der Waals surface area contributed by atoms with Crippen molar-refractivity contribution in [3.05, 3.63) is 11.6 Å². The van der Waals surface area contributed by atoms with Crippen molar-refractivity contribution < 1.29 is 24.2 Å². The lowest BCUT2D eigenvalue weighted by molar-refractivity contribution is -0.149. The molecule has 0 saturated carbocycles. The number of hydrogen-bond donors (Lipinski definition) is 1. The lowest BCUT2D eigenvalue weighted by atomic mass is 10.1. The van der Waals surface area contributed by atoms with Crippen LogP contribution in [0.25, 0.3) is 0 Å². The minimum Gasteiger partial charge on any atom is -0.478 e. The molecule has 1 unspecified atom stereocenters. The third kappa shape index (κ3) is 7.27. The molecule has 0 aliphatic carbocycles. The molecule has 0 aliphatic heterocycles. The van der Waals surface area contributed by atoms with E-state index in [1.807, 2.05) is 6.92 Å². The molecule has 5 nitrogen and oxygen atoms in total. The summed E-state index contributed by atoms with van der Waals surface area (Å²) in [5.74, 6) is -1.94. The van der Waals surface area contributed by atoms with E-state index in [1.165, 1.54) is 19.9 Å². The zero-order chi connectivity index (χ0) is 13.4. The highest BCUT2D eigenvalue weighted by atomic mass is 16.5. The normalized spacial score (nSPS) is 13.0. The number of Topliss-reactive ketones (excluding diaryl/α,β-unsaturated/α-hetero) is 1. The third-order valence-corrected chi connectivity index (χ3v) is 2.02. The zero-order valence-corrected chi connectivity index (χ0v) is 10.4. The summed E-state index contributed by atoms with van der Waals surface area (Å²) in [5.41, 5.74) is 0.124. The number of ether oxygens (including phenoxy) is 1. The Bertz CT molecular complexity index is 330. The van der Waals surface area contributed by atoms with E-state index < -0.39 is 18.0 Å². The monoisotopic (exact) mass is 242 g/mol. The summed E-state index contributed by atoms with van der Waals surface area (Å²) >= 11 is 0. The second-order valence-corrected chi connectivity index (χ2v) is 3.85. The largest absolute Gasteiger partial charge is 0.478 e. The van der Waals surface area contributed by atoms with Crippen molar-refractivity contribution in [3.63, 3.8) is 0 Å². The van der Waals surface area contributed by atoms with Crippen LogP contribution in [0.2, 0.25) is 0 Å². The predicted molar refractivity (Wildman–Crippen MR) is 61.5 cm³/mol.